The number of rotatable bonds is 3. The van der Waals surface area contributed by atoms with Crippen molar-refractivity contribution in [2.45, 2.75) is 0 Å². The van der Waals surface area contributed by atoms with E-state index >= 15 is 0 Å². The van der Waals surface area contributed by atoms with Gasteiger partial charge in [-0.15, -0.1) is 0 Å². The molecule has 0 aliphatic heterocycles. The zero-order chi connectivity index (χ0) is 9.68. The van der Waals surface area contributed by atoms with Gasteiger partial charge < -0.3 is 11.1 Å². The minimum atomic E-state index is -0.462. The summed E-state index contributed by atoms with van der Waals surface area (Å²) in [6.45, 7) is -0.255. The van der Waals surface area contributed by atoms with Crippen LogP contribution in [0.25, 0.3) is 0 Å². The largest absolute Gasteiger partial charge is 0.397 e. The van der Waals surface area contributed by atoms with Gasteiger partial charge in [-0.3, -0.25) is 0 Å². The van der Waals surface area contributed by atoms with Crippen LogP contribution < -0.4 is 11.1 Å². The predicted octanol–water partition coefficient (Wildman–Crippen LogP) is 1.52. The molecule has 3 nitrogen and oxygen atoms in total. The Morgan fingerprint density at radius 3 is 2.92 bits per heavy atom. The van der Waals surface area contributed by atoms with E-state index in [1.54, 1.807) is 18.2 Å². The second-order valence-corrected chi connectivity index (χ2v) is 2.53. The van der Waals surface area contributed by atoms with Crippen LogP contribution in [0.4, 0.5) is 15.8 Å². The Morgan fingerprint density at radius 1 is 1.54 bits per heavy atom. The van der Waals surface area contributed by atoms with Crippen LogP contribution in [0.5, 0.6) is 0 Å². The zero-order valence-electron chi connectivity index (χ0n) is 7.05. The minimum Gasteiger partial charge on any atom is -0.397 e. The molecule has 1 aromatic carbocycles. The summed E-state index contributed by atoms with van der Waals surface area (Å²) in [6.07, 6.45) is 0. The lowest BCUT2D eigenvalue weighted by Crippen LogP contribution is -2.05. The molecule has 1 aromatic rings. The number of benzene rings is 1. The maximum atomic E-state index is 11.8. The van der Waals surface area contributed by atoms with E-state index in [2.05, 4.69) is 5.32 Å². The molecule has 0 spiro atoms. The number of nitrogens with zero attached hydrogens (tertiary/aromatic N) is 1. The number of nitrogen functional groups attached to an aromatic ring is 1. The summed E-state index contributed by atoms with van der Waals surface area (Å²) in [7, 11) is 0. The number of nitrogens with two attached hydrogens (primary N) is 1. The molecule has 0 saturated heterocycles. The first-order valence-corrected chi connectivity index (χ1v) is 3.87. The fraction of sp³-hybridized carbons (Fsp3) is 0.222. The van der Waals surface area contributed by atoms with Crippen LogP contribution >= 0.6 is 0 Å². The van der Waals surface area contributed by atoms with Crippen LogP contribution in [0.3, 0.4) is 0 Å². The highest BCUT2D eigenvalue weighted by Crippen LogP contribution is 2.18. The minimum absolute atomic E-state index is 0.207. The van der Waals surface area contributed by atoms with E-state index in [0.29, 0.717) is 16.9 Å². The lowest BCUT2D eigenvalue weighted by atomic mass is 10.2. The summed E-state index contributed by atoms with van der Waals surface area (Å²) in [5.41, 5.74) is 7.23. The molecule has 0 aromatic heterocycles. The summed E-state index contributed by atoms with van der Waals surface area (Å²) in [5.74, 6) is 0. The Labute approximate surface area is 76.0 Å². The van der Waals surface area contributed by atoms with Crippen molar-refractivity contribution in [1.29, 1.82) is 5.26 Å². The van der Waals surface area contributed by atoms with Crippen molar-refractivity contribution in [3.05, 3.63) is 23.8 Å². The first-order chi connectivity index (χ1) is 6.27. The number of alkyl halides is 1. The Kier molecular flexibility index (Phi) is 3.09. The van der Waals surface area contributed by atoms with Gasteiger partial charge in [0.25, 0.3) is 0 Å². The predicted molar refractivity (Wildman–Crippen MR) is 50.0 cm³/mol. The third-order valence-corrected chi connectivity index (χ3v) is 1.59. The lowest BCUT2D eigenvalue weighted by molar-refractivity contribution is 0.513. The molecule has 0 aliphatic rings. The van der Waals surface area contributed by atoms with E-state index < -0.39 is 6.67 Å². The monoisotopic (exact) mass is 179 g/mol. The highest BCUT2D eigenvalue weighted by Gasteiger charge is 1.99. The Balaban J connectivity index is 2.85. The van der Waals surface area contributed by atoms with Gasteiger partial charge in [0.05, 0.1) is 23.0 Å². The molecule has 13 heavy (non-hydrogen) atoms. The molecule has 1 rings (SSSR count). The third-order valence-electron chi connectivity index (χ3n) is 1.59. The van der Waals surface area contributed by atoms with E-state index in [4.69, 9.17) is 11.0 Å². The number of hydrogen-bond donors (Lipinski definition) is 2. The molecular formula is C9H10FN3. The standard InChI is InChI=1S/C9H10FN3/c10-3-4-13-9-5-7(6-11)1-2-8(9)12/h1-2,5,13H,3-4,12H2. The van der Waals surface area contributed by atoms with Crippen molar-refractivity contribution in [2.75, 3.05) is 24.3 Å². The quantitative estimate of drug-likeness (QED) is 0.691. The molecule has 4 heteroatoms. The van der Waals surface area contributed by atoms with Crippen molar-refractivity contribution >= 4 is 11.4 Å². The molecule has 0 unspecified atom stereocenters. The van der Waals surface area contributed by atoms with Crippen LogP contribution in [0.2, 0.25) is 0 Å². The average Bonchev–Trinajstić information content (AvgIpc) is 2.17. The van der Waals surface area contributed by atoms with Crippen LogP contribution in [-0.2, 0) is 0 Å². The molecule has 68 valence electrons. The number of halogens is 1. The molecule has 3 N–H and O–H groups in total. The van der Waals surface area contributed by atoms with Gasteiger partial charge in [0.2, 0.25) is 0 Å². The van der Waals surface area contributed by atoms with Gasteiger partial charge in [0.1, 0.15) is 6.67 Å². The zero-order valence-corrected chi connectivity index (χ0v) is 7.05. The summed E-state index contributed by atoms with van der Waals surface area (Å²) in [4.78, 5) is 0. The first kappa shape index (κ1) is 9.33. The van der Waals surface area contributed by atoms with Crippen molar-refractivity contribution in [3.63, 3.8) is 0 Å². The number of hydrogen-bond acceptors (Lipinski definition) is 3. The highest BCUT2D eigenvalue weighted by atomic mass is 19.1. The van der Waals surface area contributed by atoms with Crippen LogP contribution in [0, 0.1) is 11.3 Å². The Bertz CT molecular complexity index is 330. The van der Waals surface area contributed by atoms with Gasteiger partial charge in [-0.25, -0.2) is 4.39 Å². The summed E-state index contributed by atoms with van der Waals surface area (Å²) in [5, 5.41) is 11.4. The molecule has 0 heterocycles. The normalized spacial score (nSPS) is 9.23. The van der Waals surface area contributed by atoms with Gasteiger partial charge in [-0.05, 0) is 18.2 Å². The summed E-state index contributed by atoms with van der Waals surface area (Å²) < 4.78 is 11.8. The Hall–Kier alpha value is -1.76. The van der Waals surface area contributed by atoms with E-state index in [0.717, 1.165) is 0 Å². The fourth-order valence-electron chi connectivity index (χ4n) is 0.961. The maximum Gasteiger partial charge on any atom is 0.107 e. The topological polar surface area (TPSA) is 61.8 Å². The average molecular weight is 179 g/mol. The SMILES string of the molecule is N#Cc1ccc(N)c(NCCF)c1. The smallest absolute Gasteiger partial charge is 0.107 e. The van der Waals surface area contributed by atoms with E-state index in [1.807, 2.05) is 6.07 Å². The Morgan fingerprint density at radius 2 is 2.31 bits per heavy atom. The molecule has 0 bridgehead atoms. The van der Waals surface area contributed by atoms with Crippen molar-refractivity contribution in [2.24, 2.45) is 0 Å². The molecule has 0 saturated carbocycles. The van der Waals surface area contributed by atoms with E-state index in [1.165, 1.54) is 0 Å². The van der Waals surface area contributed by atoms with Crippen molar-refractivity contribution in [1.82, 2.24) is 0 Å². The second kappa shape index (κ2) is 4.31. The van der Waals surface area contributed by atoms with Crippen LogP contribution in [0.15, 0.2) is 18.2 Å². The van der Waals surface area contributed by atoms with Gasteiger partial charge in [-0.2, -0.15) is 5.26 Å². The molecular weight excluding hydrogens is 169 g/mol. The van der Waals surface area contributed by atoms with Gasteiger partial charge >= 0.3 is 0 Å². The molecule has 0 radical (unpaired) electrons. The number of nitriles is 1. The third kappa shape index (κ3) is 2.34. The molecule has 0 amide bonds. The second-order valence-electron chi connectivity index (χ2n) is 2.53. The summed E-state index contributed by atoms with van der Waals surface area (Å²) >= 11 is 0. The molecule has 0 fully saturated rings. The first-order valence-electron chi connectivity index (χ1n) is 3.87. The molecule has 0 aliphatic carbocycles. The van der Waals surface area contributed by atoms with E-state index in [-0.39, 0.29) is 6.54 Å². The lowest BCUT2D eigenvalue weighted by Gasteiger charge is -2.06. The van der Waals surface area contributed by atoms with Crippen molar-refractivity contribution in [3.8, 4) is 6.07 Å². The van der Waals surface area contributed by atoms with Gasteiger partial charge in [-0.1, -0.05) is 0 Å². The maximum absolute atomic E-state index is 11.8. The molecule has 0 atom stereocenters. The highest BCUT2D eigenvalue weighted by molar-refractivity contribution is 5.68. The van der Waals surface area contributed by atoms with Crippen LogP contribution in [0.1, 0.15) is 5.56 Å². The van der Waals surface area contributed by atoms with Crippen molar-refractivity contribution < 1.29 is 4.39 Å². The fourth-order valence-corrected chi connectivity index (χ4v) is 0.961. The van der Waals surface area contributed by atoms with Crippen LogP contribution in [-0.4, -0.2) is 13.2 Å². The van der Waals surface area contributed by atoms with Gasteiger partial charge in [0.15, 0.2) is 0 Å². The van der Waals surface area contributed by atoms with E-state index in [9.17, 15) is 4.39 Å². The number of nitrogens with one attached hydrogen (secondary N) is 1. The number of anilines is 2. The summed E-state index contributed by atoms with van der Waals surface area (Å²) in [6, 6.07) is 6.83. The van der Waals surface area contributed by atoms with Gasteiger partial charge in [0, 0.05) is 6.54 Å².